The summed E-state index contributed by atoms with van der Waals surface area (Å²) in [6, 6.07) is 61.6. The van der Waals surface area contributed by atoms with E-state index in [0.29, 0.717) is 23.7 Å². The highest BCUT2D eigenvalue weighted by atomic mass is 15.2. The van der Waals surface area contributed by atoms with E-state index in [1.54, 1.807) is 0 Å². The third kappa shape index (κ3) is 5.21. The van der Waals surface area contributed by atoms with Gasteiger partial charge in [0.2, 0.25) is 13.4 Å². The molecule has 4 heterocycles. The van der Waals surface area contributed by atoms with Crippen molar-refractivity contribution < 1.29 is 0 Å². The summed E-state index contributed by atoms with van der Waals surface area (Å²) in [5, 5.41) is 8.67. The molecule has 0 saturated carbocycles. The van der Waals surface area contributed by atoms with Crippen LogP contribution in [0.25, 0.3) is 54.6 Å². The monoisotopic (exact) mass is 872 g/mol. The second-order valence-electron chi connectivity index (χ2n) is 21.5. The number of fused-ring (bicyclic) bond motifs is 8. The molecule has 4 aliphatic heterocycles. The first-order chi connectivity index (χ1) is 33.1. The molecule has 0 N–H and O–H groups in total. The van der Waals surface area contributed by atoms with E-state index in [9.17, 15) is 0 Å². The molecule has 2 nitrogen and oxygen atoms in total. The number of para-hydroxylation sites is 4. The minimum absolute atomic E-state index is 0.0829. The van der Waals surface area contributed by atoms with Crippen molar-refractivity contribution in [1.29, 1.82) is 0 Å². The second kappa shape index (κ2) is 14.3. The Morgan fingerprint density at radius 3 is 1.09 bits per heavy atom. The van der Waals surface area contributed by atoms with Crippen molar-refractivity contribution in [3.8, 4) is 22.3 Å². The van der Waals surface area contributed by atoms with Crippen LogP contribution in [0.5, 0.6) is 0 Å². The van der Waals surface area contributed by atoms with E-state index in [2.05, 4.69) is 223 Å². The van der Waals surface area contributed by atoms with Gasteiger partial charge in [-0.15, -0.1) is 0 Å². The van der Waals surface area contributed by atoms with Gasteiger partial charge in [-0.05, 0) is 183 Å². The van der Waals surface area contributed by atoms with Gasteiger partial charge in [0.25, 0.3) is 0 Å². The first kappa shape index (κ1) is 40.1. The molecule has 0 amide bonds. The Labute approximate surface area is 401 Å². The van der Waals surface area contributed by atoms with Gasteiger partial charge < -0.3 is 9.80 Å². The lowest BCUT2D eigenvalue weighted by Gasteiger charge is -2.43. The van der Waals surface area contributed by atoms with Crippen LogP contribution >= 0.6 is 0 Å². The van der Waals surface area contributed by atoms with Crippen molar-refractivity contribution in [2.45, 2.75) is 79.1 Å². The largest absolute Gasteiger partial charge is 0.311 e. The van der Waals surface area contributed by atoms with E-state index < -0.39 is 0 Å². The van der Waals surface area contributed by atoms with Crippen molar-refractivity contribution in [2.24, 2.45) is 0 Å². The fourth-order valence-corrected chi connectivity index (χ4v) is 13.4. The first-order valence-electron chi connectivity index (χ1n) is 25.2. The Morgan fingerprint density at radius 1 is 0.324 bits per heavy atom. The van der Waals surface area contributed by atoms with Crippen LogP contribution in [0.2, 0.25) is 0 Å². The zero-order chi connectivity index (χ0) is 46.0. The molecule has 0 bridgehead atoms. The summed E-state index contributed by atoms with van der Waals surface area (Å²) in [5.41, 5.74) is 27.4. The molecule has 326 valence electrons. The Morgan fingerprint density at radius 2 is 0.706 bits per heavy atom. The van der Waals surface area contributed by atoms with E-state index in [0.717, 1.165) is 0 Å². The molecule has 4 aliphatic rings. The quantitative estimate of drug-likeness (QED) is 0.121. The average Bonchev–Trinajstić information content (AvgIpc) is 3.35. The van der Waals surface area contributed by atoms with Crippen LogP contribution in [0, 0.1) is 0 Å². The maximum atomic E-state index is 2.69. The first-order valence-corrected chi connectivity index (χ1v) is 25.2. The summed E-state index contributed by atoms with van der Waals surface area (Å²) in [4.78, 5) is 5.12. The Kier molecular flexibility index (Phi) is 8.40. The molecule has 0 atom stereocenters. The van der Waals surface area contributed by atoms with Crippen LogP contribution in [-0.2, 0) is 0 Å². The van der Waals surface area contributed by atoms with Gasteiger partial charge >= 0.3 is 0 Å². The predicted molar refractivity (Wildman–Crippen MR) is 296 cm³/mol. The van der Waals surface area contributed by atoms with Gasteiger partial charge in [0, 0.05) is 34.1 Å². The van der Waals surface area contributed by atoms with Gasteiger partial charge in [-0.2, -0.15) is 0 Å². The molecule has 14 rings (SSSR count). The van der Waals surface area contributed by atoms with Crippen LogP contribution in [0.1, 0.15) is 101 Å². The lowest BCUT2D eigenvalue weighted by Crippen LogP contribution is -2.60. The number of rotatable bonds is 6. The zero-order valence-electron chi connectivity index (χ0n) is 40.4. The molecule has 10 aromatic rings. The molecule has 0 fully saturated rings. The van der Waals surface area contributed by atoms with E-state index >= 15 is 0 Å². The molecule has 10 aromatic carbocycles. The normalized spacial score (nSPS) is 14.0. The number of hydrogen-bond acceptors (Lipinski definition) is 2. The summed E-state index contributed by atoms with van der Waals surface area (Å²) in [6.45, 7) is 19.3. The number of anilines is 6. The lowest BCUT2D eigenvalue weighted by molar-refractivity contribution is 0.867. The Bertz CT molecular complexity index is 3520. The fourth-order valence-electron chi connectivity index (χ4n) is 13.4. The van der Waals surface area contributed by atoms with Crippen LogP contribution in [0.3, 0.4) is 0 Å². The third-order valence-corrected chi connectivity index (χ3v) is 16.4. The summed E-state index contributed by atoms with van der Waals surface area (Å²) < 4.78 is 0. The van der Waals surface area contributed by atoms with Gasteiger partial charge in [0.1, 0.15) is 0 Å². The van der Waals surface area contributed by atoms with Crippen molar-refractivity contribution in [2.75, 3.05) is 9.80 Å². The zero-order valence-corrected chi connectivity index (χ0v) is 40.4. The number of hydrogen-bond donors (Lipinski definition) is 0. The molecule has 0 radical (unpaired) electrons. The molecule has 0 unspecified atom stereocenters. The molecule has 4 heteroatoms. The Balaban J connectivity index is 1.18. The van der Waals surface area contributed by atoms with Crippen molar-refractivity contribution >= 4 is 113 Å². The molecule has 0 aromatic heterocycles. The summed E-state index contributed by atoms with van der Waals surface area (Å²) in [6.07, 6.45) is 0. The van der Waals surface area contributed by atoms with E-state index in [-0.39, 0.29) is 13.4 Å². The standard InChI is InChI=1S/C64H54B2N2/c1-35(2)39-27-49-45-31-43(37(5)6)47-34-54-60-46(50-28-40(36(3)4)30-58-64(50)66(54)52-24-16-18-26-56(52)68(58)42-21-13-10-14-22-42)32-44(38(7)8)48-33-53(59(45)61(47)62(48)60)65-51-23-15-17-25-55(51)67(57(29-39)63(49)65)41-19-11-9-12-20-41/h9-38H,1-8H3. The maximum Gasteiger partial charge on any atom is 0.248 e. The summed E-state index contributed by atoms with van der Waals surface area (Å²) in [5.74, 6) is 1.35. The second-order valence-corrected chi connectivity index (χ2v) is 21.5. The van der Waals surface area contributed by atoms with Crippen LogP contribution in [0.15, 0.2) is 158 Å². The molecular formula is C64H54B2N2. The van der Waals surface area contributed by atoms with E-state index in [4.69, 9.17) is 0 Å². The molecule has 68 heavy (non-hydrogen) atoms. The summed E-state index contributed by atoms with van der Waals surface area (Å²) in [7, 11) is 0. The van der Waals surface area contributed by atoms with Gasteiger partial charge in [-0.3, -0.25) is 0 Å². The van der Waals surface area contributed by atoms with Crippen molar-refractivity contribution in [3.63, 3.8) is 0 Å². The number of nitrogens with zero attached hydrogens (tertiary/aromatic N) is 2. The molecular weight excluding hydrogens is 818 g/mol. The summed E-state index contributed by atoms with van der Waals surface area (Å²) >= 11 is 0. The highest BCUT2D eigenvalue weighted by Crippen LogP contribution is 2.52. The predicted octanol–water partition coefficient (Wildman–Crippen LogP) is 13.6. The molecule has 0 spiro atoms. The lowest BCUT2D eigenvalue weighted by atomic mass is 9.31. The smallest absolute Gasteiger partial charge is 0.248 e. The van der Waals surface area contributed by atoms with Gasteiger partial charge in [-0.1, -0.05) is 163 Å². The highest BCUT2D eigenvalue weighted by Gasteiger charge is 2.46. The minimum Gasteiger partial charge on any atom is -0.311 e. The van der Waals surface area contributed by atoms with Crippen molar-refractivity contribution in [1.82, 2.24) is 0 Å². The van der Waals surface area contributed by atoms with E-state index in [1.807, 2.05) is 0 Å². The fraction of sp³-hybridized carbons (Fsp3) is 0.188. The van der Waals surface area contributed by atoms with Crippen LogP contribution < -0.4 is 42.6 Å². The maximum absolute atomic E-state index is 2.69. The molecule has 0 aliphatic carbocycles. The van der Waals surface area contributed by atoms with Gasteiger partial charge in [0.15, 0.2) is 0 Å². The highest BCUT2D eigenvalue weighted by molar-refractivity contribution is 7.02. The molecule has 0 saturated heterocycles. The number of benzene rings is 10. The topological polar surface area (TPSA) is 6.48 Å². The minimum atomic E-state index is 0.0829. The van der Waals surface area contributed by atoms with Gasteiger partial charge in [-0.25, -0.2) is 0 Å². The Hall–Kier alpha value is -7.03. The third-order valence-electron chi connectivity index (χ3n) is 16.4. The average molecular weight is 873 g/mol. The van der Waals surface area contributed by atoms with E-state index in [1.165, 1.54) is 144 Å². The SMILES string of the molecule is CC(C)c1cc2c3c(c1)N(c1ccccc1)c1ccccc1B3c1cc3c(C(C)C)cc4c5c(cc6c(C(C)C)cc-2c1c6c35)B1c2ccccc2N(c2ccccc2)c2cc(C(C)C)cc-4c21. The van der Waals surface area contributed by atoms with Crippen LogP contribution in [0.4, 0.5) is 34.1 Å². The van der Waals surface area contributed by atoms with Crippen LogP contribution in [-0.4, -0.2) is 13.4 Å². The van der Waals surface area contributed by atoms with Gasteiger partial charge in [0.05, 0.1) is 0 Å². The van der Waals surface area contributed by atoms with Crippen molar-refractivity contribution in [3.05, 3.63) is 180 Å².